The minimum Gasteiger partial charge on any atom is -0.449 e. The first kappa shape index (κ1) is 12.2. The van der Waals surface area contributed by atoms with E-state index in [-0.39, 0.29) is 5.92 Å². The van der Waals surface area contributed by atoms with E-state index in [9.17, 15) is 4.79 Å². The van der Waals surface area contributed by atoms with Gasteiger partial charge in [0.25, 0.3) is 0 Å². The maximum Gasteiger partial charge on any atom is 0.407 e. The third-order valence-corrected chi connectivity index (χ3v) is 1.34. The lowest BCUT2D eigenvalue weighted by Gasteiger charge is -2.15. The highest BCUT2D eigenvalue weighted by molar-refractivity contribution is 5.67. The fourth-order valence-electron chi connectivity index (χ4n) is 0.544. The van der Waals surface area contributed by atoms with Crippen LogP contribution in [0.4, 0.5) is 4.79 Å². The smallest absolute Gasteiger partial charge is 0.407 e. The Hall–Kier alpha value is -0.810. The van der Waals surface area contributed by atoms with Gasteiger partial charge in [0.15, 0.2) is 6.29 Å². The Balaban J connectivity index is 3.62. The molecule has 5 heteroatoms. The molecule has 0 aliphatic carbocycles. The average molecular weight is 191 g/mol. The van der Waals surface area contributed by atoms with Crippen molar-refractivity contribution in [1.29, 1.82) is 0 Å². The highest BCUT2D eigenvalue weighted by atomic mass is 16.5. The standard InChI is InChI=1S/C8H17NO4/c1-5(2)4-13-8(12)9-6(3)7(10)11/h5-7,10-11H,4H2,1-3H3,(H,9,12). The molecular formula is C8H17NO4. The lowest BCUT2D eigenvalue weighted by atomic mass is 10.2. The number of rotatable bonds is 4. The topological polar surface area (TPSA) is 78.8 Å². The molecule has 0 aliphatic heterocycles. The van der Waals surface area contributed by atoms with E-state index in [0.717, 1.165) is 0 Å². The molecule has 0 aliphatic rings. The van der Waals surface area contributed by atoms with Crippen molar-refractivity contribution in [3.05, 3.63) is 0 Å². The van der Waals surface area contributed by atoms with Gasteiger partial charge in [-0.1, -0.05) is 13.8 Å². The van der Waals surface area contributed by atoms with Gasteiger partial charge in [-0.05, 0) is 12.8 Å². The molecule has 1 atom stereocenters. The Morgan fingerprint density at radius 2 is 1.92 bits per heavy atom. The summed E-state index contributed by atoms with van der Waals surface area (Å²) in [5.74, 6) is 0.264. The van der Waals surface area contributed by atoms with Crippen LogP contribution in [-0.2, 0) is 4.74 Å². The molecule has 0 aromatic carbocycles. The van der Waals surface area contributed by atoms with Gasteiger partial charge in [-0.15, -0.1) is 0 Å². The third-order valence-electron chi connectivity index (χ3n) is 1.34. The molecular weight excluding hydrogens is 174 g/mol. The van der Waals surface area contributed by atoms with Crippen LogP contribution in [0.5, 0.6) is 0 Å². The minimum atomic E-state index is -1.56. The van der Waals surface area contributed by atoms with E-state index < -0.39 is 18.4 Å². The van der Waals surface area contributed by atoms with Crippen molar-refractivity contribution in [3.8, 4) is 0 Å². The number of carbonyl (C=O) groups is 1. The molecule has 0 fully saturated rings. The molecule has 0 saturated heterocycles. The monoisotopic (exact) mass is 191 g/mol. The van der Waals surface area contributed by atoms with E-state index in [4.69, 9.17) is 14.9 Å². The van der Waals surface area contributed by atoms with Crippen molar-refractivity contribution in [3.63, 3.8) is 0 Å². The Bertz CT molecular complexity index is 158. The molecule has 0 spiro atoms. The average Bonchev–Trinajstić information content (AvgIpc) is 2.00. The lowest BCUT2D eigenvalue weighted by molar-refractivity contribution is -0.0618. The molecule has 78 valence electrons. The largest absolute Gasteiger partial charge is 0.449 e. The number of nitrogens with one attached hydrogen (secondary N) is 1. The number of hydrogen-bond donors (Lipinski definition) is 3. The predicted molar refractivity (Wildman–Crippen MR) is 47.0 cm³/mol. The van der Waals surface area contributed by atoms with Gasteiger partial charge in [0.05, 0.1) is 12.6 Å². The Labute approximate surface area is 77.7 Å². The van der Waals surface area contributed by atoms with Gasteiger partial charge >= 0.3 is 6.09 Å². The molecule has 13 heavy (non-hydrogen) atoms. The normalized spacial score (nSPS) is 13.2. The molecule has 0 bridgehead atoms. The number of ether oxygens (including phenoxy) is 1. The number of carbonyl (C=O) groups excluding carboxylic acids is 1. The molecule has 0 radical (unpaired) electrons. The van der Waals surface area contributed by atoms with Gasteiger partial charge in [-0.2, -0.15) is 0 Å². The fourth-order valence-corrected chi connectivity index (χ4v) is 0.544. The second-order valence-electron chi connectivity index (χ2n) is 3.34. The van der Waals surface area contributed by atoms with Crippen LogP contribution in [0.3, 0.4) is 0 Å². The van der Waals surface area contributed by atoms with Crippen molar-refractivity contribution in [2.75, 3.05) is 6.61 Å². The van der Waals surface area contributed by atoms with Gasteiger partial charge < -0.3 is 20.3 Å². The first-order chi connectivity index (χ1) is 5.93. The molecule has 0 rings (SSSR count). The third kappa shape index (κ3) is 6.36. The Morgan fingerprint density at radius 1 is 1.38 bits per heavy atom. The van der Waals surface area contributed by atoms with E-state index >= 15 is 0 Å². The SMILES string of the molecule is CC(C)COC(=O)NC(C)C(O)O. The van der Waals surface area contributed by atoms with E-state index in [1.807, 2.05) is 13.8 Å². The van der Waals surface area contributed by atoms with Crippen LogP contribution in [0, 0.1) is 5.92 Å². The van der Waals surface area contributed by atoms with Gasteiger partial charge in [-0.3, -0.25) is 0 Å². The zero-order valence-electron chi connectivity index (χ0n) is 8.15. The first-order valence-electron chi connectivity index (χ1n) is 4.23. The molecule has 0 saturated carbocycles. The lowest BCUT2D eigenvalue weighted by Crippen LogP contribution is -2.41. The summed E-state index contributed by atoms with van der Waals surface area (Å²) in [6.45, 7) is 5.62. The Kier molecular flexibility index (Phi) is 5.41. The van der Waals surface area contributed by atoms with Crippen molar-refractivity contribution < 1.29 is 19.7 Å². The molecule has 0 aromatic rings. The van der Waals surface area contributed by atoms with Crippen LogP contribution in [0.1, 0.15) is 20.8 Å². The van der Waals surface area contributed by atoms with E-state index in [1.54, 1.807) is 0 Å². The maximum absolute atomic E-state index is 10.9. The summed E-state index contributed by atoms with van der Waals surface area (Å²) < 4.78 is 4.75. The second kappa shape index (κ2) is 5.77. The summed E-state index contributed by atoms with van der Waals surface area (Å²) in [5, 5.41) is 19.5. The molecule has 5 nitrogen and oxygen atoms in total. The highest BCUT2D eigenvalue weighted by Crippen LogP contribution is 1.94. The quantitative estimate of drug-likeness (QED) is 0.549. The van der Waals surface area contributed by atoms with Gasteiger partial charge in [0.1, 0.15) is 0 Å². The van der Waals surface area contributed by atoms with Crippen molar-refractivity contribution in [1.82, 2.24) is 5.32 Å². The van der Waals surface area contributed by atoms with E-state index in [2.05, 4.69) is 5.32 Å². The van der Waals surface area contributed by atoms with Crippen LogP contribution in [0.2, 0.25) is 0 Å². The van der Waals surface area contributed by atoms with Crippen molar-refractivity contribution >= 4 is 6.09 Å². The minimum absolute atomic E-state index is 0.264. The number of aliphatic hydroxyl groups excluding tert-OH is 1. The van der Waals surface area contributed by atoms with Crippen LogP contribution in [-0.4, -0.2) is 35.2 Å². The van der Waals surface area contributed by atoms with Gasteiger partial charge in [0, 0.05) is 0 Å². The van der Waals surface area contributed by atoms with Gasteiger partial charge in [-0.25, -0.2) is 4.79 Å². The van der Waals surface area contributed by atoms with E-state index in [0.29, 0.717) is 6.61 Å². The second-order valence-corrected chi connectivity index (χ2v) is 3.34. The molecule has 0 aromatic heterocycles. The zero-order valence-corrected chi connectivity index (χ0v) is 8.15. The number of amides is 1. The Morgan fingerprint density at radius 3 is 2.31 bits per heavy atom. The summed E-state index contributed by atoms with van der Waals surface area (Å²) >= 11 is 0. The summed E-state index contributed by atoms with van der Waals surface area (Å²) in [5.41, 5.74) is 0. The van der Waals surface area contributed by atoms with Crippen molar-refractivity contribution in [2.24, 2.45) is 5.92 Å². The summed E-state index contributed by atoms with van der Waals surface area (Å²) in [6, 6.07) is -0.723. The van der Waals surface area contributed by atoms with Crippen LogP contribution in [0.25, 0.3) is 0 Å². The molecule has 3 N–H and O–H groups in total. The van der Waals surface area contributed by atoms with Crippen molar-refractivity contribution in [2.45, 2.75) is 33.1 Å². The molecule has 1 amide bonds. The van der Waals surface area contributed by atoms with E-state index in [1.165, 1.54) is 6.92 Å². The number of aliphatic hydroxyl groups is 2. The number of hydrogen-bond acceptors (Lipinski definition) is 4. The van der Waals surface area contributed by atoms with Crippen LogP contribution >= 0.6 is 0 Å². The molecule has 1 unspecified atom stereocenters. The highest BCUT2D eigenvalue weighted by Gasteiger charge is 2.14. The van der Waals surface area contributed by atoms with Crippen LogP contribution in [0.15, 0.2) is 0 Å². The maximum atomic E-state index is 10.9. The van der Waals surface area contributed by atoms with Gasteiger partial charge in [0.2, 0.25) is 0 Å². The fraction of sp³-hybridized carbons (Fsp3) is 0.875. The summed E-state index contributed by atoms with van der Waals surface area (Å²) in [6.07, 6.45) is -2.19. The predicted octanol–water partition coefficient (Wildman–Crippen LogP) is 0.0678. The molecule has 0 heterocycles. The zero-order chi connectivity index (χ0) is 10.4. The summed E-state index contributed by atoms with van der Waals surface area (Å²) in [4.78, 5) is 10.9. The first-order valence-corrected chi connectivity index (χ1v) is 4.23. The number of alkyl carbamates (subject to hydrolysis) is 1. The van der Waals surface area contributed by atoms with Crippen LogP contribution < -0.4 is 5.32 Å². The summed E-state index contributed by atoms with van der Waals surface area (Å²) in [7, 11) is 0.